The Morgan fingerprint density at radius 1 is 1.29 bits per heavy atom. The summed E-state index contributed by atoms with van der Waals surface area (Å²) in [7, 11) is 1.80. The van der Waals surface area contributed by atoms with Gasteiger partial charge in [0.2, 0.25) is 0 Å². The van der Waals surface area contributed by atoms with Crippen molar-refractivity contribution in [3.8, 4) is 0 Å². The van der Waals surface area contributed by atoms with Gasteiger partial charge in [-0.2, -0.15) is 0 Å². The molecule has 2 aliphatic carbocycles. The molecule has 0 amide bonds. The summed E-state index contributed by atoms with van der Waals surface area (Å²) in [5.74, 6) is 0. The molecule has 1 aromatic rings. The maximum absolute atomic E-state index is 12.7. The Kier molecular flexibility index (Phi) is 5.18. The van der Waals surface area contributed by atoms with Crippen LogP contribution in [0.3, 0.4) is 0 Å². The molecule has 132 valence electrons. The van der Waals surface area contributed by atoms with Crippen LogP contribution in [0, 0.1) is 5.41 Å². The first-order chi connectivity index (χ1) is 11.2. The molecule has 0 bridgehead atoms. The summed E-state index contributed by atoms with van der Waals surface area (Å²) in [5, 5.41) is 0. The van der Waals surface area contributed by atoms with Crippen molar-refractivity contribution in [3.05, 3.63) is 33.8 Å². The van der Waals surface area contributed by atoms with Gasteiger partial charge in [0.25, 0.3) is 0 Å². The van der Waals surface area contributed by atoms with Gasteiger partial charge in [-0.05, 0) is 70.6 Å². The number of nitrogens with zero attached hydrogens (tertiary/aromatic N) is 1. The fourth-order valence-electron chi connectivity index (χ4n) is 3.82. The Morgan fingerprint density at radius 2 is 1.96 bits per heavy atom. The van der Waals surface area contributed by atoms with Gasteiger partial charge in [0.1, 0.15) is 21.8 Å². The molecule has 0 heterocycles. The molecule has 3 rings (SSSR count). The number of hydrogen-bond donors (Lipinski definition) is 0. The van der Waals surface area contributed by atoms with Gasteiger partial charge < -0.3 is 9.29 Å². The van der Waals surface area contributed by atoms with Gasteiger partial charge in [-0.1, -0.05) is 26.4 Å². The molecule has 0 N–H and O–H groups in total. The molecule has 0 saturated heterocycles. The zero-order valence-corrected chi connectivity index (χ0v) is 17.3. The number of fused-ring (bicyclic) bond motifs is 1. The van der Waals surface area contributed by atoms with Crippen molar-refractivity contribution in [2.24, 2.45) is 9.81 Å². The highest BCUT2D eigenvalue weighted by Gasteiger charge is 2.47. The third-order valence-corrected chi connectivity index (χ3v) is 7.17. The number of halogens is 1. The van der Waals surface area contributed by atoms with Crippen LogP contribution >= 0.6 is 15.9 Å². The topological polar surface area (TPSA) is 44.6 Å². The first-order valence-electron chi connectivity index (χ1n) is 8.58. The number of methoxy groups -OCH3 is 1. The predicted molar refractivity (Wildman–Crippen MR) is 104 cm³/mol. The van der Waals surface area contributed by atoms with Crippen LogP contribution < -0.4 is 0 Å². The molecule has 1 fully saturated rings. The molecule has 0 radical (unpaired) electrons. The fraction of sp³-hybridized carbons (Fsp3) is 0.632. The van der Waals surface area contributed by atoms with Crippen molar-refractivity contribution in [2.45, 2.75) is 63.7 Å². The first kappa shape index (κ1) is 18.4. The molecular formula is C19H26BrNO2S. The average molecular weight is 412 g/mol. The monoisotopic (exact) mass is 411 g/mol. The predicted octanol–water partition coefficient (Wildman–Crippen LogP) is 4.83. The van der Waals surface area contributed by atoms with E-state index in [0.717, 1.165) is 42.3 Å². The quantitative estimate of drug-likeness (QED) is 0.653. The Balaban J connectivity index is 2.02. The number of ether oxygens (including phenoxy) is 1. The third kappa shape index (κ3) is 3.46. The fourth-order valence-corrected chi connectivity index (χ4v) is 4.91. The van der Waals surface area contributed by atoms with Crippen molar-refractivity contribution in [1.82, 2.24) is 0 Å². The first-order valence-corrected chi connectivity index (χ1v) is 10.5. The van der Waals surface area contributed by atoms with Gasteiger partial charge in [-0.15, -0.1) is 0 Å². The summed E-state index contributed by atoms with van der Waals surface area (Å²) < 4.78 is 23.8. The molecule has 24 heavy (non-hydrogen) atoms. The Hall–Kier alpha value is -0.360. The SMILES string of the molecule is CO[C@H]1CC[C@@]2(CC1)Cc1ccc(Br)cc1C2=N[S+]([O-])C(C)(C)C. The van der Waals surface area contributed by atoms with E-state index in [4.69, 9.17) is 9.13 Å². The van der Waals surface area contributed by atoms with Gasteiger partial charge in [0.05, 0.1) is 6.10 Å². The highest BCUT2D eigenvalue weighted by Crippen LogP contribution is 2.49. The van der Waals surface area contributed by atoms with Crippen molar-refractivity contribution < 1.29 is 9.29 Å². The van der Waals surface area contributed by atoms with E-state index in [-0.39, 0.29) is 10.2 Å². The Labute approximate surface area is 156 Å². The van der Waals surface area contributed by atoms with E-state index in [9.17, 15) is 4.55 Å². The zero-order valence-electron chi connectivity index (χ0n) is 14.9. The Bertz CT molecular complexity index is 645. The molecule has 5 heteroatoms. The lowest BCUT2D eigenvalue weighted by Gasteiger charge is -2.37. The lowest BCUT2D eigenvalue weighted by molar-refractivity contribution is 0.0468. The number of hydrogen-bond acceptors (Lipinski definition) is 3. The van der Waals surface area contributed by atoms with E-state index in [1.165, 1.54) is 11.1 Å². The minimum atomic E-state index is -1.24. The highest BCUT2D eigenvalue weighted by atomic mass is 79.9. The van der Waals surface area contributed by atoms with E-state index in [0.29, 0.717) is 6.10 Å². The van der Waals surface area contributed by atoms with Crippen LogP contribution in [0.15, 0.2) is 27.1 Å². The normalized spacial score (nSPS) is 29.9. The third-order valence-electron chi connectivity index (χ3n) is 5.28. The van der Waals surface area contributed by atoms with E-state index in [1.807, 2.05) is 20.8 Å². The summed E-state index contributed by atoms with van der Waals surface area (Å²) in [6, 6.07) is 6.42. The largest absolute Gasteiger partial charge is 0.591 e. The van der Waals surface area contributed by atoms with Gasteiger partial charge in [0, 0.05) is 22.6 Å². The van der Waals surface area contributed by atoms with Crippen LogP contribution in [0.1, 0.15) is 57.6 Å². The average Bonchev–Trinajstić information content (AvgIpc) is 2.81. The van der Waals surface area contributed by atoms with Crippen molar-refractivity contribution in [2.75, 3.05) is 7.11 Å². The lowest BCUT2D eigenvalue weighted by Crippen LogP contribution is -2.37. The summed E-state index contributed by atoms with van der Waals surface area (Å²) in [5.41, 5.74) is 3.59. The van der Waals surface area contributed by atoms with Gasteiger partial charge >= 0.3 is 0 Å². The van der Waals surface area contributed by atoms with E-state index >= 15 is 0 Å². The van der Waals surface area contributed by atoms with Crippen LogP contribution in [0.5, 0.6) is 0 Å². The second-order valence-electron chi connectivity index (χ2n) is 8.00. The van der Waals surface area contributed by atoms with Crippen LogP contribution in [0.25, 0.3) is 0 Å². The summed E-state index contributed by atoms with van der Waals surface area (Å²) in [6.07, 6.45) is 5.56. The molecule has 2 aliphatic rings. The summed E-state index contributed by atoms with van der Waals surface area (Å²) >= 11 is 2.34. The second kappa shape index (κ2) is 6.75. The molecule has 1 spiro atoms. The minimum Gasteiger partial charge on any atom is -0.591 e. The molecule has 0 aliphatic heterocycles. The highest BCUT2D eigenvalue weighted by molar-refractivity contribution is 9.10. The Morgan fingerprint density at radius 3 is 2.54 bits per heavy atom. The number of rotatable bonds is 2. The molecule has 3 nitrogen and oxygen atoms in total. The summed E-state index contributed by atoms with van der Waals surface area (Å²) in [6.45, 7) is 5.95. The lowest BCUT2D eigenvalue weighted by atomic mass is 9.70. The summed E-state index contributed by atoms with van der Waals surface area (Å²) in [4.78, 5) is 0. The van der Waals surface area contributed by atoms with Crippen LogP contribution in [0.2, 0.25) is 0 Å². The van der Waals surface area contributed by atoms with Gasteiger partial charge in [-0.3, -0.25) is 0 Å². The smallest absolute Gasteiger partial charge is 0.144 e. The number of benzene rings is 1. The van der Waals surface area contributed by atoms with Crippen molar-refractivity contribution >= 4 is 33.0 Å². The molecule has 1 atom stereocenters. The van der Waals surface area contributed by atoms with Crippen molar-refractivity contribution in [3.63, 3.8) is 0 Å². The minimum absolute atomic E-state index is 0.0269. The van der Waals surface area contributed by atoms with Gasteiger partial charge in [0.15, 0.2) is 0 Å². The van der Waals surface area contributed by atoms with Gasteiger partial charge in [-0.25, -0.2) is 0 Å². The molecule has 0 aromatic heterocycles. The molecule has 1 aromatic carbocycles. The maximum atomic E-state index is 12.7. The molecular weight excluding hydrogens is 386 g/mol. The van der Waals surface area contributed by atoms with Crippen molar-refractivity contribution in [1.29, 1.82) is 0 Å². The second-order valence-corrected chi connectivity index (χ2v) is 10.8. The van der Waals surface area contributed by atoms with E-state index < -0.39 is 11.4 Å². The van der Waals surface area contributed by atoms with Crippen LogP contribution in [-0.4, -0.2) is 28.2 Å². The van der Waals surface area contributed by atoms with E-state index in [2.05, 4.69) is 34.1 Å². The van der Waals surface area contributed by atoms with Crippen LogP contribution in [0.4, 0.5) is 0 Å². The van der Waals surface area contributed by atoms with E-state index in [1.54, 1.807) is 7.11 Å². The molecule has 1 saturated carbocycles. The molecule has 1 unspecified atom stereocenters. The van der Waals surface area contributed by atoms with Crippen LogP contribution in [-0.2, 0) is 22.5 Å². The zero-order chi connectivity index (χ0) is 17.5. The maximum Gasteiger partial charge on any atom is 0.144 e. The standard InChI is InChI=1S/C19H26BrNO2S/c1-18(2,3)24(22)21-17-16-11-14(20)6-5-13(16)12-19(17)9-7-15(23-4)8-10-19/h5-6,11,15H,7-10,12H2,1-4H3/t15-,19+,24?.